The summed E-state index contributed by atoms with van der Waals surface area (Å²) in [5, 5.41) is 2.48. The minimum atomic E-state index is -3.89. The predicted octanol–water partition coefficient (Wildman–Crippen LogP) is 0.476. The molecule has 3 rings (SSSR count). The van der Waals surface area contributed by atoms with Gasteiger partial charge in [-0.1, -0.05) is 24.3 Å². The highest BCUT2D eigenvalue weighted by atomic mass is 32.2. The Morgan fingerprint density at radius 1 is 1.03 bits per heavy atom. The van der Waals surface area contributed by atoms with Gasteiger partial charge < -0.3 is 14.8 Å². The molecule has 0 aromatic heterocycles. The highest BCUT2D eigenvalue weighted by Gasteiger charge is 2.28. The summed E-state index contributed by atoms with van der Waals surface area (Å²) in [6.07, 6.45) is 0. The first-order chi connectivity index (χ1) is 16.1. The number of hydrogen-bond acceptors (Lipinski definition) is 8. The van der Waals surface area contributed by atoms with Gasteiger partial charge in [0.15, 0.2) is 6.61 Å². The molecule has 184 valence electrons. The lowest BCUT2D eigenvalue weighted by molar-refractivity contribution is -0.146. The molecular formula is C21H25N3O8S2. The van der Waals surface area contributed by atoms with Gasteiger partial charge in [0, 0.05) is 18.8 Å². The third-order valence-corrected chi connectivity index (χ3v) is 8.34. The van der Waals surface area contributed by atoms with Crippen molar-refractivity contribution in [1.82, 2.24) is 9.03 Å². The van der Waals surface area contributed by atoms with E-state index in [2.05, 4.69) is 10.0 Å². The molecule has 0 saturated carbocycles. The summed E-state index contributed by atoms with van der Waals surface area (Å²) in [5.74, 6) is -1.66. The lowest BCUT2D eigenvalue weighted by Crippen LogP contribution is -2.40. The van der Waals surface area contributed by atoms with Gasteiger partial charge in [-0.05, 0) is 36.8 Å². The number of nitrogens with one attached hydrogen (secondary N) is 2. The molecule has 1 amide bonds. The molecule has 0 radical (unpaired) electrons. The van der Waals surface area contributed by atoms with Crippen molar-refractivity contribution >= 4 is 37.6 Å². The normalized spacial score (nSPS) is 15.0. The molecule has 2 N–H and O–H groups in total. The minimum absolute atomic E-state index is 0.0113. The van der Waals surface area contributed by atoms with Crippen LogP contribution in [-0.4, -0.2) is 72.5 Å². The molecule has 1 fully saturated rings. The third-order valence-electron chi connectivity index (χ3n) is 4.88. The third kappa shape index (κ3) is 6.61. The summed E-state index contributed by atoms with van der Waals surface area (Å²) in [7, 11) is -7.66. The Kier molecular flexibility index (Phi) is 8.38. The monoisotopic (exact) mass is 511 g/mol. The Labute approximate surface area is 198 Å². The van der Waals surface area contributed by atoms with Crippen LogP contribution in [0.2, 0.25) is 0 Å². The van der Waals surface area contributed by atoms with Crippen molar-refractivity contribution in [3.8, 4) is 0 Å². The summed E-state index contributed by atoms with van der Waals surface area (Å²) in [6, 6.07) is 11.9. The number of morpholine rings is 1. The molecule has 1 aliphatic heterocycles. The second-order valence-corrected chi connectivity index (χ2v) is 11.0. The van der Waals surface area contributed by atoms with Crippen LogP contribution < -0.4 is 10.0 Å². The summed E-state index contributed by atoms with van der Waals surface area (Å²) in [6.45, 7) is 1.41. The van der Waals surface area contributed by atoms with Crippen molar-refractivity contribution in [1.29, 1.82) is 0 Å². The number of carbonyl (C=O) groups is 2. The van der Waals surface area contributed by atoms with Crippen molar-refractivity contribution in [2.45, 2.75) is 16.7 Å². The summed E-state index contributed by atoms with van der Waals surface area (Å²) < 4.78 is 63.5. The highest BCUT2D eigenvalue weighted by Crippen LogP contribution is 2.24. The van der Waals surface area contributed by atoms with Gasteiger partial charge in [0.2, 0.25) is 20.0 Å². The first-order valence-corrected chi connectivity index (χ1v) is 13.2. The van der Waals surface area contributed by atoms with Gasteiger partial charge in [0.05, 0.1) is 23.0 Å². The van der Waals surface area contributed by atoms with E-state index in [1.54, 1.807) is 31.2 Å². The van der Waals surface area contributed by atoms with Crippen LogP contribution >= 0.6 is 0 Å². The number of anilines is 1. The Morgan fingerprint density at radius 2 is 1.71 bits per heavy atom. The number of amides is 1. The van der Waals surface area contributed by atoms with E-state index in [1.165, 1.54) is 28.6 Å². The molecule has 0 bridgehead atoms. The minimum Gasteiger partial charge on any atom is -0.455 e. The fourth-order valence-corrected chi connectivity index (χ4v) is 5.76. The van der Waals surface area contributed by atoms with E-state index in [-0.39, 0.29) is 28.6 Å². The first kappa shape index (κ1) is 25.8. The molecule has 0 spiro atoms. The van der Waals surface area contributed by atoms with Crippen molar-refractivity contribution in [3.63, 3.8) is 0 Å². The maximum atomic E-state index is 12.9. The number of aryl methyl sites for hydroxylation is 1. The molecule has 0 unspecified atom stereocenters. The summed E-state index contributed by atoms with van der Waals surface area (Å²) in [5.41, 5.74) is 0.727. The van der Waals surface area contributed by atoms with Gasteiger partial charge in [-0.25, -0.2) is 16.8 Å². The molecule has 1 heterocycles. The van der Waals surface area contributed by atoms with Crippen molar-refractivity contribution in [2.75, 3.05) is 44.8 Å². The van der Waals surface area contributed by atoms with E-state index in [4.69, 9.17) is 9.47 Å². The molecule has 2 aromatic carbocycles. The maximum absolute atomic E-state index is 12.9. The number of sulfonamides is 2. The van der Waals surface area contributed by atoms with Crippen LogP contribution in [-0.2, 0) is 39.1 Å². The number of carbonyl (C=O) groups excluding carboxylic acids is 2. The highest BCUT2D eigenvalue weighted by molar-refractivity contribution is 7.89. The van der Waals surface area contributed by atoms with Crippen molar-refractivity contribution < 1.29 is 35.9 Å². The van der Waals surface area contributed by atoms with E-state index in [0.29, 0.717) is 18.8 Å². The smallest absolute Gasteiger partial charge is 0.321 e. The van der Waals surface area contributed by atoms with Crippen LogP contribution in [0.3, 0.4) is 0 Å². The number of esters is 1. The number of rotatable bonds is 9. The van der Waals surface area contributed by atoms with Gasteiger partial charge in [-0.2, -0.15) is 9.03 Å². The van der Waals surface area contributed by atoms with Gasteiger partial charge in [0.1, 0.15) is 6.54 Å². The average Bonchev–Trinajstić information content (AvgIpc) is 2.83. The Bertz CT molecular complexity index is 1240. The fraction of sp³-hybridized carbons (Fsp3) is 0.333. The molecular weight excluding hydrogens is 486 g/mol. The maximum Gasteiger partial charge on any atom is 0.321 e. The summed E-state index contributed by atoms with van der Waals surface area (Å²) in [4.78, 5) is 24.1. The number of ether oxygens (including phenoxy) is 2. The second kappa shape index (κ2) is 11.1. The van der Waals surface area contributed by atoms with Gasteiger partial charge in [-0.15, -0.1) is 0 Å². The molecule has 34 heavy (non-hydrogen) atoms. The van der Waals surface area contributed by atoms with E-state index in [9.17, 15) is 26.4 Å². The first-order valence-electron chi connectivity index (χ1n) is 10.3. The molecule has 2 aromatic rings. The van der Waals surface area contributed by atoms with Crippen LogP contribution in [0.25, 0.3) is 0 Å². The Morgan fingerprint density at radius 3 is 2.38 bits per heavy atom. The molecule has 11 nitrogen and oxygen atoms in total. The van der Waals surface area contributed by atoms with E-state index >= 15 is 0 Å². The molecule has 1 aliphatic rings. The molecule has 0 atom stereocenters. The van der Waals surface area contributed by atoms with Crippen molar-refractivity contribution in [3.05, 3.63) is 54.1 Å². The predicted molar refractivity (Wildman–Crippen MR) is 122 cm³/mol. The average molecular weight is 512 g/mol. The van der Waals surface area contributed by atoms with Crippen LogP contribution in [0.1, 0.15) is 5.56 Å². The Hall–Kier alpha value is -2.84. The molecule has 13 heteroatoms. The fourth-order valence-electron chi connectivity index (χ4n) is 3.11. The second-order valence-electron chi connectivity index (χ2n) is 7.34. The van der Waals surface area contributed by atoms with E-state index < -0.39 is 45.1 Å². The standard InChI is InChI=1S/C21H25N3O8S2/c1-16-7-8-17(13-19(16)34(29,30)24-9-11-31-12-10-24)23-20(25)15-32-21(26)14-22-33(27,28)18-5-3-2-4-6-18/h2-8,13,22H,9-12,14-15H2,1H3,(H,23,25). The van der Waals surface area contributed by atoms with Gasteiger partial charge in [-0.3, -0.25) is 9.59 Å². The van der Waals surface area contributed by atoms with Crippen molar-refractivity contribution in [2.24, 2.45) is 0 Å². The SMILES string of the molecule is Cc1ccc(NC(=O)COC(=O)CNS(=O)(=O)c2ccccc2)cc1S(=O)(=O)N1CCOCC1. The lowest BCUT2D eigenvalue weighted by atomic mass is 10.2. The quantitative estimate of drug-likeness (QED) is 0.462. The summed E-state index contributed by atoms with van der Waals surface area (Å²) >= 11 is 0. The van der Waals surface area contributed by atoms with E-state index in [0.717, 1.165) is 0 Å². The number of benzene rings is 2. The van der Waals surface area contributed by atoms with Crippen LogP contribution in [0.15, 0.2) is 58.3 Å². The zero-order chi connectivity index (χ0) is 24.8. The van der Waals surface area contributed by atoms with Crippen LogP contribution in [0.5, 0.6) is 0 Å². The van der Waals surface area contributed by atoms with Gasteiger partial charge >= 0.3 is 5.97 Å². The zero-order valence-corrected chi connectivity index (χ0v) is 20.0. The molecule has 0 aliphatic carbocycles. The van der Waals surface area contributed by atoms with E-state index in [1.807, 2.05) is 0 Å². The lowest BCUT2D eigenvalue weighted by Gasteiger charge is -2.26. The van der Waals surface area contributed by atoms with Crippen LogP contribution in [0, 0.1) is 6.92 Å². The topological polar surface area (TPSA) is 148 Å². The largest absolute Gasteiger partial charge is 0.455 e. The van der Waals surface area contributed by atoms with Crippen LogP contribution in [0.4, 0.5) is 5.69 Å². The zero-order valence-electron chi connectivity index (χ0n) is 18.4. The Balaban J connectivity index is 1.55. The number of hydrogen-bond donors (Lipinski definition) is 2. The number of nitrogens with zero attached hydrogens (tertiary/aromatic N) is 1. The molecule has 1 saturated heterocycles. The van der Waals surface area contributed by atoms with Gasteiger partial charge in [0.25, 0.3) is 5.91 Å².